The minimum absolute atomic E-state index is 0.603. The molecule has 35 rings (SSSR count). The maximum atomic E-state index is 4.35. The molecule has 0 nitrogen and oxygen atoms in total. The van der Waals surface area contributed by atoms with Crippen LogP contribution in [-0.4, -0.2) is 0 Å². The maximum Gasteiger partial charge on any atom is 0.124 e. The van der Waals surface area contributed by atoms with Crippen molar-refractivity contribution in [2.75, 3.05) is 0 Å². The Bertz CT molecular complexity index is 7720. The number of hydrogen-bond acceptors (Lipinski definition) is 0. The summed E-state index contributed by atoms with van der Waals surface area (Å²) in [4.78, 5) is 0. The van der Waals surface area contributed by atoms with Crippen molar-refractivity contribution in [3.8, 4) is 47.4 Å². The van der Waals surface area contributed by atoms with Crippen molar-refractivity contribution in [1.82, 2.24) is 0 Å². The van der Waals surface area contributed by atoms with Crippen molar-refractivity contribution >= 4 is 291 Å². The van der Waals surface area contributed by atoms with Gasteiger partial charge >= 0.3 is 0 Å². The van der Waals surface area contributed by atoms with Crippen LogP contribution in [0.1, 0.15) is 33.4 Å². The van der Waals surface area contributed by atoms with Gasteiger partial charge in [0, 0.05) is 11.1 Å². The molecule has 30 aromatic carbocycles. The highest BCUT2D eigenvalue weighted by atomic mass is 14.9. The molecule has 1 fully saturated rings. The smallest absolute Gasteiger partial charge is 0.0664 e. The molecule has 5 aliphatic carbocycles. The van der Waals surface area contributed by atoms with Crippen LogP contribution in [0.3, 0.4) is 0 Å². The molecule has 1 saturated carbocycles. The highest BCUT2D eigenvalue weighted by molar-refractivity contribution is 6.82. The van der Waals surface area contributed by atoms with Gasteiger partial charge in [0.15, 0.2) is 0 Å². The minimum atomic E-state index is -0.888. The number of hydrogen-bond donors (Lipinski definition) is 0. The van der Waals surface area contributed by atoms with E-state index in [-0.39, 0.29) is 0 Å². The fraction of sp³-hybridized carbons (Fsp3) is 0.0370. The van der Waals surface area contributed by atoms with Gasteiger partial charge in [-0.25, -0.2) is 0 Å². The van der Waals surface area contributed by atoms with Crippen LogP contribution >= 0.6 is 0 Å². The lowest BCUT2D eigenvalue weighted by atomic mass is 9.68. The first kappa shape index (κ1) is 31.5. The third-order valence-electron chi connectivity index (χ3n) is 27.0. The van der Waals surface area contributed by atoms with Crippen LogP contribution < -0.4 is 0 Å². The molecule has 0 amide bonds. The number of benzene rings is 20. The van der Waals surface area contributed by atoms with Gasteiger partial charge in [0.25, 0.3) is 0 Å². The van der Waals surface area contributed by atoms with E-state index in [0.29, 0.717) is 0 Å². The summed E-state index contributed by atoms with van der Waals surface area (Å²) in [5.41, 5.74) is 6.19. The summed E-state index contributed by atoms with van der Waals surface area (Å²) in [5, 5.41) is 86.1. The lowest BCUT2D eigenvalue weighted by molar-refractivity contribution is 0.731. The van der Waals surface area contributed by atoms with Gasteiger partial charge in [0.05, 0.1) is 10.8 Å². The molecular weight excluding hydrogens is 973 g/mol. The second kappa shape index (κ2) is 7.63. The average molecular weight is 983 g/mol. The second-order valence-electron chi connectivity index (χ2n) is 27.7. The molecule has 81 heavy (non-hydrogen) atoms. The van der Waals surface area contributed by atoms with Gasteiger partial charge in [0.2, 0.25) is 0 Å². The monoisotopic (exact) mass is 982 g/mol. The quantitative estimate of drug-likeness (QED) is 0.105. The molecule has 0 saturated heterocycles. The van der Waals surface area contributed by atoms with Gasteiger partial charge in [-0.05, 0) is 361 Å². The molecule has 0 heterocycles. The fourth-order valence-corrected chi connectivity index (χ4v) is 26.5. The van der Waals surface area contributed by atoms with Gasteiger partial charge in [-0.2, -0.15) is 0 Å². The summed E-state index contributed by atoms with van der Waals surface area (Å²) in [6.07, 6.45) is 0. The first-order valence-electron chi connectivity index (χ1n) is 29.3. The number of rotatable bonds is 0. The van der Waals surface area contributed by atoms with Gasteiger partial charge in [0.1, 0.15) is 5.41 Å². The molecule has 0 aromatic heterocycles. The van der Waals surface area contributed by atoms with E-state index in [4.69, 9.17) is 0 Å². The predicted octanol–water partition coefficient (Wildman–Crippen LogP) is 19.4. The minimum Gasteiger partial charge on any atom is -0.0664 e. The molecule has 5 aliphatic rings. The molecular formula is C81H10. The molecule has 0 atom stereocenters. The maximum absolute atomic E-state index is 4.35. The third kappa shape index (κ3) is 1.85. The Morgan fingerprint density at radius 3 is 0.506 bits per heavy atom. The molecule has 0 radical (unpaired) electrons. The summed E-state index contributed by atoms with van der Waals surface area (Å²) >= 11 is 0. The zero-order chi connectivity index (χ0) is 48.9. The Kier molecular flexibility index (Phi) is 2.97. The molecule has 0 bridgehead atoms. The second-order valence-corrected chi connectivity index (χ2v) is 27.7. The predicted molar refractivity (Wildman–Crippen MR) is 338 cm³/mol. The Morgan fingerprint density at radius 1 is 0.173 bits per heavy atom. The summed E-state index contributed by atoms with van der Waals surface area (Å²) in [6, 6.07) is 21.0. The first-order valence-corrected chi connectivity index (χ1v) is 29.3. The molecule has 0 aliphatic heterocycles. The largest absolute Gasteiger partial charge is 0.124 e. The van der Waals surface area contributed by atoms with Crippen LogP contribution in [0.15, 0.2) is 60.7 Å². The third-order valence-corrected chi connectivity index (χ3v) is 27.0. The van der Waals surface area contributed by atoms with Crippen molar-refractivity contribution in [2.45, 2.75) is 10.8 Å². The van der Waals surface area contributed by atoms with Crippen molar-refractivity contribution in [1.29, 1.82) is 0 Å². The van der Waals surface area contributed by atoms with Crippen molar-refractivity contribution < 1.29 is 0 Å². The molecule has 0 heteroatoms. The fourth-order valence-electron chi connectivity index (χ4n) is 26.5. The first-order chi connectivity index (χ1) is 40.4. The van der Waals surface area contributed by atoms with Crippen LogP contribution in [0.2, 0.25) is 0 Å². The molecule has 2 spiro atoms. The highest BCUT2D eigenvalue weighted by Crippen LogP contribution is 2.96. The van der Waals surface area contributed by atoms with E-state index in [1.54, 1.807) is 313 Å². The van der Waals surface area contributed by atoms with Crippen LogP contribution in [0, 0.1) is 52.8 Å². The molecule has 0 N–H and O–H groups in total. The molecule has 30 aromatic rings. The Labute approximate surface area is 445 Å². The highest BCUT2D eigenvalue weighted by Gasteiger charge is 2.95. The van der Waals surface area contributed by atoms with Crippen LogP contribution in [0.25, 0.3) is 291 Å². The van der Waals surface area contributed by atoms with E-state index in [0.717, 1.165) is 11.1 Å². The van der Waals surface area contributed by atoms with E-state index in [2.05, 4.69) is 108 Å². The van der Waals surface area contributed by atoms with Gasteiger partial charge in [-0.1, -0.05) is 60.1 Å². The normalized spacial score (nSPS) is 18.3. The zero-order valence-corrected chi connectivity index (χ0v) is 41.3. The van der Waals surface area contributed by atoms with Crippen molar-refractivity contribution in [2.24, 2.45) is 5.41 Å². The van der Waals surface area contributed by atoms with E-state index < -0.39 is 16.2 Å². The van der Waals surface area contributed by atoms with Gasteiger partial charge in [-0.3, -0.25) is 0 Å². The lowest BCUT2D eigenvalue weighted by Crippen LogP contribution is -2.27. The summed E-state index contributed by atoms with van der Waals surface area (Å²) in [5.74, 6) is 30.5. The van der Waals surface area contributed by atoms with Crippen molar-refractivity contribution in [3.63, 3.8) is 0 Å². The molecule has 0 unspecified atom stereocenters. The lowest BCUT2D eigenvalue weighted by Gasteiger charge is -2.31. The van der Waals surface area contributed by atoms with Crippen LogP contribution in [-0.2, 0) is 10.8 Å². The van der Waals surface area contributed by atoms with E-state index in [1.807, 2.05) is 0 Å². The average Bonchev–Trinajstić information content (AvgIpc) is 1.72. The zero-order valence-electron chi connectivity index (χ0n) is 41.3. The summed E-state index contributed by atoms with van der Waals surface area (Å²) in [6.45, 7) is 0. The van der Waals surface area contributed by atoms with Gasteiger partial charge < -0.3 is 0 Å². The SMILES string of the molecule is C(C#CC1(C#CC#Cc2ccccc2)C23c4c5c6c7c8c9c(c%10c%11c2c2c4c4c%12c5c5c6c6c8c8c%13c9c9c%10c%10c%11c%11c2c2c4c4c%12c%12c5c5c6c8c6c8c%13c9c9c%10c%10c%11c2c2c4c4c%12c5c6c5c8c9c%10c2c45)C713)#Cc1ccccc1. The standard InChI is InChI=1S/C81H10/c1-3-11-19(12-4-1)15-7-9-17-79(18-10-8-16-20-13-5-2-6-14-20)80-75-67-59-49-39-31-23-21-22-25-29-27(23)35-43-37(29)47-41-33(25)34-26(22)30-28-24(21)32(31)40-46-36(28)44-38(30)48-42(34)52-51(41)61-55(47)65-57(43)63(53(59)45(35)39)71(75)73(65)77-69(61)70-62(52)56(48)66-58(44)64-54(46)60(50(40)49)68(67)76(80)72(64)74(66)78(70)81(77,79)80/h1-6,11-14H. The Balaban J connectivity index is 1.01. The van der Waals surface area contributed by atoms with Crippen LogP contribution in [0.4, 0.5) is 0 Å². The van der Waals surface area contributed by atoms with E-state index >= 15 is 0 Å². The Morgan fingerprint density at radius 2 is 0.333 bits per heavy atom. The molecule has 334 valence electrons. The van der Waals surface area contributed by atoms with Gasteiger partial charge in [-0.15, -0.1) is 0 Å². The summed E-state index contributed by atoms with van der Waals surface area (Å²) in [7, 11) is 0. The van der Waals surface area contributed by atoms with Crippen LogP contribution in [0.5, 0.6) is 0 Å². The van der Waals surface area contributed by atoms with Crippen molar-refractivity contribution in [3.05, 3.63) is 94.0 Å². The summed E-state index contributed by atoms with van der Waals surface area (Å²) < 4.78 is 0. The van der Waals surface area contributed by atoms with E-state index in [1.165, 1.54) is 0 Å². The Hall–Kier alpha value is -10.9. The van der Waals surface area contributed by atoms with E-state index in [9.17, 15) is 0 Å². The topological polar surface area (TPSA) is 0 Å².